The summed E-state index contributed by atoms with van der Waals surface area (Å²) in [6.07, 6.45) is 2.97. The third-order valence-corrected chi connectivity index (χ3v) is 6.65. The van der Waals surface area contributed by atoms with Crippen LogP contribution in [0.25, 0.3) is 0 Å². The first-order chi connectivity index (χ1) is 15.3. The molecule has 1 aromatic heterocycles. The van der Waals surface area contributed by atoms with Crippen molar-refractivity contribution in [2.24, 2.45) is 0 Å². The van der Waals surface area contributed by atoms with Crippen molar-refractivity contribution >= 4 is 21.9 Å². The number of aromatic hydroxyl groups is 1. The van der Waals surface area contributed by atoms with Crippen LogP contribution in [0, 0.1) is 0 Å². The van der Waals surface area contributed by atoms with Gasteiger partial charge in [-0.05, 0) is 55.3 Å². The van der Waals surface area contributed by atoms with Gasteiger partial charge in [0.15, 0.2) is 12.1 Å². The molecule has 7 nitrogen and oxygen atoms in total. The maximum atomic E-state index is 12.9. The van der Waals surface area contributed by atoms with E-state index in [2.05, 4.69) is 4.98 Å². The molecule has 0 saturated carbocycles. The summed E-state index contributed by atoms with van der Waals surface area (Å²) >= 11 is 0. The van der Waals surface area contributed by atoms with Gasteiger partial charge in [0.1, 0.15) is 23.8 Å². The number of rotatable bonds is 9. The third kappa shape index (κ3) is 4.86. The van der Waals surface area contributed by atoms with Crippen LogP contribution in [-0.2, 0) is 22.9 Å². The van der Waals surface area contributed by atoms with Crippen molar-refractivity contribution in [3.05, 3.63) is 77.1 Å². The van der Waals surface area contributed by atoms with E-state index < -0.39 is 9.84 Å². The first-order valence-electron chi connectivity index (χ1n) is 10.0. The fraction of sp³-hybridized carbons (Fsp3) is 0.208. The number of sulfone groups is 1. The van der Waals surface area contributed by atoms with Crippen LogP contribution in [0.2, 0.25) is 0 Å². The summed E-state index contributed by atoms with van der Waals surface area (Å²) in [6.45, 7) is 3.41. The van der Waals surface area contributed by atoms with Gasteiger partial charge in [0, 0.05) is 11.8 Å². The zero-order valence-electron chi connectivity index (χ0n) is 17.7. The standard InChI is InChI=1S/C24H23NO6S/c1-3-5-22-23(11-10-21(16(2)27)24(22)28)31-15-17-6-4-7-19(12-17)32(29,30)20-9-8-18(14-26)25-13-20/h4,6-14,28H,3,5,15H2,1-2H3. The van der Waals surface area contributed by atoms with Gasteiger partial charge in [0.25, 0.3) is 0 Å². The molecule has 0 saturated heterocycles. The molecule has 0 unspecified atom stereocenters. The number of carbonyl (C=O) groups is 2. The van der Waals surface area contributed by atoms with Crippen molar-refractivity contribution in [2.45, 2.75) is 43.1 Å². The fourth-order valence-corrected chi connectivity index (χ4v) is 4.52. The number of phenolic OH excluding ortho intramolecular Hbond substituents is 1. The van der Waals surface area contributed by atoms with Gasteiger partial charge in [-0.3, -0.25) is 14.6 Å². The number of pyridine rings is 1. The molecule has 0 aliphatic rings. The number of ether oxygens (including phenoxy) is 1. The molecule has 32 heavy (non-hydrogen) atoms. The maximum Gasteiger partial charge on any atom is 0.208 e. The number of carbonyl (C=O) groups excluding carboxylic acids is 2. The Labute approximate surface area is 186 Å². The normalized spacial score (nSPS) is 11.2. The van der Waals surface area contributed by atoms with Gasteiger partial charge in [-0.1, -0.05) is 25.5 Å². The molecular formula is C24H23NO6S. The van der Waals surface area contributed by atoms with Crippen LogP contribution >= 0.6 is 0 Å². The van der Waals surface area contributed by atoms with E-state index in [0.717, 1.165) is 12.6 Å². The number of nitrogens with zero attached hydrogens (tertiary/aromatic N) is 1. The Morgan fingerprint density at radius 2 is 1.91 bits per heavy atom. The summed E-state index contributed by atoms with van der Waals surface area (Å²) in [4.78, 5) is 26.3. The average Bonchev–Trinajstić information content (AvgIpc) is 2.79. The molecule has 0 aliphatic heterocycles. The lowest BCUT2D eigenvalue weighted by molar-refractivity contribution is 0.101. The summed E-state index contributed by atoms with van der Waals surface area (Å²) in [5.41, 5.74) is 1.54. The molecule has 0 spiro atoms. The first kappa shape index (κ1) is 23.1. The van der Waals surface area contributed by atoms with Gasteiger partial charge >= 0.3 is 0 Å². The van der Waals surface area contributed by atoms with E-state index in [1.807, 2.05) is 6.92 Å². The molecule has 0 atom stereocenters. The minimum atomic E-state index is -3.82. The quantitative estimate of drug-likeness (QED) is 0.382. The van der Waals surface area contributed by atoms with E-state index in [1.165, 1.54) is 37.3 Å². The van der Waals surface area contributed by atoms with Gasteiger partial charge in [-0.25, -0.2) is 8.42 Å². The molecule has 0 amide bonds. The molecule has 0 aliphatic carbocycles. The van der Waals surface area contributed by atoms with Crippen molar-refractivity contribution in [2.75, 3.05) is 0 Å². The van der Waals surface area contributed by atoms with Crippen molar-refractivity contribution < 1.29 is 27.9 Å². The summed E-state index contributed by atoms with van der Waals surface area (Å²) in [5, 5.41) is 10.5. The fourth-order valence-electron chi connectivity index (χ4n) is 3.25. The number of ketones is 1. The largest absolute Gasteiger partial charge is 0.507 e. The van der Waals surface area contributed by atoms with Crippen LogP contribution in [0.1, 0.15) is 52.2 Å². The highest BCUT2D eigenvalue weighted by Gasteiger charge is 2.19. The number of hydrogen-bond donors (Lipinski definition) is 1. The van der Waals surface area contributed by atoms with Gasteiger partial charge in [0.2, 0.25) is 9.84 Å². The number of phenols is 1. The van der Waals surface area contributed by atoms with E-state index in [4.69, 9.17) is 4.74 Å². The second-order valence-electron chi connectivity index (χ2n) is 7.22. The van der Waals surface area contributed by atoms with Crippen LogP contribution in [0.5, 0.6) is 11.5 Å². The maximum absolute atomic E-state index is 12.9. The van der Waals surface area contributed by atoms with Crippen LogP contribution in [-0.4, -0.2) is 30.6 Å². The van der Waals surface area contributed by atoms with Crippen LogP contribution in [0.15, 0.2) is 64.5 Å². The number of aldehydes is 1. The Hall–Kier alpha value is -3.52. The number of benzene rings is 2. The monoisotopic (exact) mass is 453 g/mol. The molecule has 0 fully saturated rings. The smallest absolute Gasteiger partial charge is 0.208 e. The second-order valence-corrected chi connectivity index (χ2v) is 9.17. The van der Waals surface area contributed by atoms with E-state index in [1.54, 1.807) is 18.2 Å². The van der Waals surface area contributed by atoms with Crippen molar-refractivity contribution in [3.63, 3.8) is 0 Å². The minimum Gasteiger partial charge on any atom is -0.507 e. The predicted octanol–water partition coefficient (Wildman–Crippen LogP) is 4.17. The highest BCUT2D eigenvalue weighted by atomic mass is 32.2. The summed E-state index contributed by atoms with van der Waals surface area (Å²) < 4.78 is 31.7. The van der Waals surface area contributed by atoms with Crippen molar-refractivity contribution in [1.29, 1.82) is 0 Å². The molecule has 0 radical (unpaired) electrons. The Bertz CT molecular complexity index is 1250. The van der Waals surface area contributed by atoms with Gasteiger partial charge < -0.3 is 9.84 Å². The molecular weight excluding hydrogens is 430 g/mol. The number of aromatic nitrogens is 1. The lowest BCUT2D eigenvalue weighted by atomic mass is 10.0. The summed E-state index contributed by atoms with van der Waals surface area (Å²) in [7, 11) is -3.82. The second kappa shape index (κ2) is 9.74. The molecule has 2 aromatic carbocycles. The highest BCUT2D eigenvalue weighted by molar-refractivity contribution is 7.91. The summed E-state index contributed by atoms with van der Waals surface area (Å²) in [5.74, 6) is 0.121. The van der Waals surface area contributed by atoms with E-state index in [9.17, 15) is 23.1 Å². The van der Waals surface area contributed by atoms with Crippen LogP contribution < -0.4 is 4.74 Å². The van der Waals surface area contributed by atoms with Gasteiger partial charge in [-0.15, -0.1) is 0 Å². The molecule has 166 valence electrons. The number of hydrogen-bond acceptors (Lipinski definition) is 7. The Morgan fingerprint density at radius 3 is 2.53 bits per heavy atom. The lowest BCUT2D eigenvalue weighted by Gasteiger charge is -2.15. The molecule has 3 aromatic rings. The van der Waals surface area contributed by atoms with Gasteiger partial charge in [0.05, 0.1) is 15.4 Å². The highest BCUT2D eigenvalue weighted by Crippen LogP contribution is 2.33. The third-order valence-electron chi connectivity index (χ3n) is 4.91. The molecule has 1 heterocycles. The molecule has 3 rings (SSSR count). The lowest BCUT2D eigenvalue weighted by Crippen LogP contribution is -2.05. The van der Waals surface area contributed by atoms with Crippen molar-refractivity contribution in [1.82, 2.24) is 4.98 Å². The van der Waals surface area contributed by atoms with Gasteiger partial charge in [-0.2, -0.15) is 0 Å². The van der Waals surface area contributed by atoms with Crippen molar-refractivity contribution in [3.8, 4) is 11.5 Å². The Kier molecular flexibility index (Phi) is 7.05. The van der Waals surface area contributed by atoms with Crippen LogP contribution in [0.3, 0.4) is 0 Å². The summed E-state index contributed by atoms with van der Waals surface area (Å²) in [6, 6.07) is 12.2. The SMILES string of the molecule is CCCc1c(OCc2cccc(S(=O)(=O)c3ccc(C=O)nc3)c2)ccc(C(C)=O)c1O. The van der Waals surface area contributed by atoms with E-state index in [-0.39, 0.29) is 39.2 Å². The molecule has 0 bridgehead atoms. The Morgan fingerprint density at radius 1 is 1.12 bits per heavy atom. The number of Topliss-reactive ketones (excluding diaryl/α,β-unsaturated/α-hetero) is 1. The predicted molar refractivity (Wildman–Crippen MR) is 118 cm³/mol. The van der Waals surface area contributed by atoms with E-state index in [0.29, 0.717) is 29.6 Å². The Balaban J connectivity index is 1.86. The molecule has 1 N–H and O–H groups in total. The minimum absolute atomic E-state index is 0.0175. The topological polar surface area (TPSA) is 111 Å². The molecule has 8 heteroatoms. The van der Waals surface area contributed by atoms with E-state index >= 15 is 0 Å². The average molecular weight is 454 g/mol. The zero-order chi connectivity index (χ0) is 23.3. The zero-order valence-corrected chi connectivity index (χ0v) is 18.6. The van der Waals surface area contributed by atoms with Crippen LogP contribution in [0.4, 0.5) is 0 Å². The first-order valence-corrected chi connectivity index (χ1v) is 11.5.